The Labute approximate surface area is 260 Å². The average molecular weight is 583 g/mol. The van der Waals surface area contributed by atoms with E-state index in [1.165, 1.54) is 33.4 Å². The molecule has 0 aliphatic rings. The van der Waals surface area contributed by atoms with Gasteiger partial charge in [-0.2, -0.15) is 18.3 Å². The second-order valence-corrected chi connectivity index (χ2v) is 11.1. The van der Waals surface area contributed by atoms with Crippen LogP contribution in [0, 0.1) is 0 Å². The molecule has 6 aromatic heterocycles. The smallest absolute Gasteiger partial charge is 0.205 e. The summed E-state index contributed by atoms with van der Waals surface area (Å²) < 4.78 is 13.3. The summed E-state index contributed by atoms with van der Waals surface area (Å²) in [5.74, 6) is 0. The molecule has 0 saturated heterocycles. The molecule has 6 heterocycles. The molecular weight excluding hydrogens is 540 g/mol. The maximum absolute atomic E-state index is 2.25. The maximum atomic E-state index is 2.25. The molecule has 0 aromatic carbocycles. The molecule has 0 aliphatic carbocycles. The van der Waals surface area contributed by atoms with E-state index in [0.29, 0.717) is 0 Å². The van der Waals surface area contributed by atoms with E-state index in [2.05, 4.69) is 188 Å². The summed E-state index contributed by atoms with van der Waals surface area (Å²) in [6, 6.07) is 26.3. The number of nitrogens with zero attached hydrogens (tertiary/aromatic N) is 6. The highest BCUT2D eigenvalue weighted by Crippen LogP contribution is 2.17. The lowest BCUT2D eigenvalue weighted by molar-refractivity contribution is -0.778. The Bertz CT molecular complexity index is 1620. The predicted octanol–water partition coefficient (Wildman–Crippen LogP) is 3.85. The monoisotopic (exact) mass is 582 g/mol. The van der Waals surface area contributed by atoms with E-state index in [1.807, 2.05) is 0 Å². The van der Waals surface area contributed by atoms with Gasteiger partial charge in [0.15, 0.2) is 74.4 Å². The fraction of sp³-hybridized carbons (Fsp3) is 0.211. The van der Waals surface area contributed by atoms with Crippen molar-refractivity contribution in [2.24, 2.45) is 0 Å². The fourth-order valence-corrected chi connectivity index (χ4v) is 5.38. The van der Waals surface area contributed by atoms with Gasteiger partial charge in [-0.3, -0.25) is 0 Å². The topological polar surface area (TPSA) is 23.3 Å². The van der Waals surface area contributed by atoms with Crippen LogP contribution in [0.4, 0.5) is 0 Å². The summed E-state index contributed by atoms with van der Waals surface area (Å²) in [5.41, 5.74) is 7.44. The van der Waals surface area contributed by atoms with Crippen LogP contribution in [0.2, 0.25) is 0 Å². The van der Waals surface area contributed by atoms with Crippen molar-refractivity contribution in [3.63, 3.8) is 0 Å². The van der Waals surface area contributed by atoms with Gasteiger partial charge in [-0.05, 0) is 47.2 Å². The van der Waals surface area contributed by atoms with Gasteiger partial charge >= 0.3 is 0 Å². The minimum absolute atomic E-state index is 0.920. The molecule has 0 bridgehead atoms. The molecule has 0 amide bonds. The van der Waals surface area contributed by atoms with Crippen LogP contribution in [0.1, 0.15) is 13.8 Å². The quantitative estimate of drug-likeness (QED) is 0.207. The van der Waals surface area contributed by atoms with Gasteiger partial charge in [0.05, 0.1) is 0 Å². The Morgan fingerprint density at radius 2 is 0.432 bits per heavy atom. The van der Waals surface area contributed by atoms with Crippen LogP contribution >= 0.6 is 0 Å². The van der Waals surface area contributed by atoms with Crippen LogP contribution in [-0.4, -0.2) is 0 Å². The van der Waals surface area contributed by atoms with Crippen molar-refractivity contribution in [3.05, 3.63) is 147 Å². The van der Waals surface area contributed by atoms with Crippen LogP contribution in [0.3, 0.4) is 0 Å². The molecule has 0 radical (unpaired) electrons. The Hall–Kier alpha value is -5.10. The Morgan fingerprint density at radius 1 is 0.273 bits per heavy atom. The van der Waals surface area contributed by atoms with Crippen LogP contribution in [0.15, 0.2) is 147 Å². The van der Waals surface area contributed by atoms with E-state index in [0.717, 1.165) is 39.3 Å². The lowest BCUT2D eigenvalue weighted by atomic mass is 10.1. The van der Waals surface area contributed by atoms with E-state index >= 15 is 0 Å². The Morgan fingerprint density at radius 3 is 0.591 bits per heavy atom. The van der Waals surface area contributed by atoms with E-state index in [1.54, 1.807) is 0 Å². The van der Waals surface area contributed by atoms with Gasteiger partial charge in [0.2, 0.25) is 26.2 Å². The lowest BCUT2D eigenvalue weighted by Gasteiger charge is -2.02. The molecule has 6 rings (SSSR count). The second-order valence-electron chi connectivity index (χ2n) is 11.1. The summed E-state index contributed by atoms with van der Waals surface area (Å²) >= 11 is 0. The van der Waals surface area contributed by atoms with Crippen molar-refractivity contribution in [2.45, 2.75) is 53.1 Å². The van der Waals surface area contributed by atoms with Gasteiger partial charge in [0, 0.05) is 72.8 Å². The number of aryl methyl sites for hydroxylation is 6. The lowest BCUT2D eigenvalue weighted by Crippen LogP contribution is -2.43. The molecule has 44 heavy (non-hydrogen) atoms. The van der Waals surface area contributed by atoms with E-state index < -0.39 is 0 Å². The highest BCUT2D eigenvalue weighted by molar-refractivity contribution is 5.62. The molecule has 0 spiro atoms. The number of hydrogen-bond donors (Lipinski definition) is 0. The van der Waals surface area contributed by atoms with Crippen LogP contribution < -0.4 is 27.4 Å². The van der Waals surface area contributed by atoms with Crippen molar-refractivity contribution in [2.75, 3.05) is 0 Å². The zero-order chi connectivity index (χ0) is 30.1. The molecule has 0 aliphatic heterocycles. The molecule has 218 valence electrons. The zero-order valence-electron chi connectivity index (χ0n) is 25.8. The third-order valence-corrected chi connectivity index (χ3v) is 8.31. The van der Waals surface area contributed by atoms with E-state index in [9.17, 15) is 0 Å². The first kappa shape index (κ1) is 29.0. The summed E-state index contributed by atoms with van der Waals surface area (Å²) in [6.45, 7) is 9.98. The molecule has 0 unspecified atom stereocenters. The number of pyridine rings is 6. The van der Waals surface area contributed by atoms with Gasteiger partial charge < -0.3 is 0 Å². The number of rotatable bonds is 11. The standard InChI is InChI=1S/C38H42N6/c1-3-39-17-5-33(6-18-39)35-9-21-41(22-10-35)29-31-43-25-13-37(14-26-43)38-15-27-44(28-16-38)32-30-42-23-11-36(12-24-42)34-7-19-40(4-2)20-8-34/h5-28H,3-4,29-32H2,1-2H3/q+6. The van der Waals surface area contributed by atoms with Gasteiger partial charge in [0.25, 0.3) is 0 Å². The van der Waals surface area contributed by atoms with Crippen molar-refractivity contribution in [1.82, 2.24) is 0 Å². The predicted molar refractivity (Wildman–Crippen MR) is 168 cm³/mol. The first-order valence-corrected chi connectivity index (χ1v) is 15.6. The molecule has 6 nitrogen and oxygen atoms in total. The molecule has 0 atom stereocenters. The molecule has 0 saturated carbocycles. The van der Waals surface area contributed by atoms with Crippen LogP contribution in [0.5, 0.6) is 0 Å². The first-order valence-electron chi connectivity index (χ1n) is 15.6. The number of aromatic nitrogens is 6. The van der Waals surface area contributed by atoms with Crippen LogP contribution in [0.25, 0.3) is 33.4 Å². The summed E-state index contributed by atoms with van der Waals surface area (Å²) in [7, 11) is 0. The summed E-state index contributed by atoms with van der Waals surface area (Å²) in [5, 5.41) is 0. The van der Waals surface area contributed by atoms with E-state index in [-0.39, 0.29) is 0 Å². The summed E-state index contributed by atoms with van der Waals surface area (Å²) in [6.07, 6.45) is 25.9. The number of hydrogen-bond acceptors (Lipinski definition) is 0. The SMILES string of the molecule is CC[n+]1ccc(-c2cc[n+](CC[n+]3ccc(-c4cc[n+](CC[n+]5ccc(-c6cc[n+](CC)cc6)cc5)cc4)cc3)cc2)cc1. The molecule has 6 heteroatoms. The van der Waals surface area contributed by atoms with Crippen molar-refractivity contribution in [3.8, 4) is 33.4 Å². The van der Waals surface area contributed by atoms with Crippen molar-refractivity contribution in [1.29, 1.82) is 0 Å². The highest BCUT2D eigenvalue weighted by atomic mass is 15.0. The third-order valence-electron chi connectivity index (χ3n) is 8.31. The van der Waals surface area contributed by atoms with Gasteiger partial charge in [-0.15, -0.1) is 0 Å². The maximum Gasteiger partial charge on any atom is 0.206 e. The highest BCUT2D eigenvalue weighted by Gasteiger charge is 2.11. The minimum Gasteiger partial charge on any atom is -0.205 e. The normalized spacial score (nSPS) is 11.0. The molecule has 0 fully saturated rings. The van der Waals surface area contributed by atoms with Crippen LogP contribution in [-0.2, 0) is 39.3 Å². The second kappa shape index (κ2) is 13.9. The van der Waals surface area contributed by atoms with Crippen molar-refractivity contribution < 1.29 is 27.4 Å². The molecule has 6 aromatic rings. The summed E-state index contributed by atoms with van der Waals surface area (Å²) in [4.78, 5) is 0. The van der Waals surface area contributed by atoms with Gasteiger partial charge in [-0.1, -0.05) is 0 Å². The average Bonchev–Trinajstić information content (AvgIpc) is 3.11. The minimum atomic E-state index is 0.920. The fourth-order valence-electron chi connectivity index (χ4n) is 5.38. The Kier molecular flexibility index (Phi) is 9.17. The third kappa shape index (κ3) is 7.27. The zero-order valence-corrected chi connectivity index (χ0v) is 25.8. The van der Waals surface area contributed by atoms with E-state index in [4.69, 9.17) is 0 Å². The molecular formula is C38H42N6+6. The van der Waals surface area contributed by atoms with Gasteiger partial charge in [0.1, 0.15) is 13.1 Å². The largest absolute Gasteiger partial charge is 0.206 e. The molecule has 0 N–H and O–H groups in total. The Balaban J connectivity index is 0.989. The van der Waals surface area contributed by atoms with Gasteiger partial charge in [-0.25, -0.2) is 9.13 Å². The first-order chi connectivity index (χ1) is 21.7. The van der Waals surface area contributed by atoms with Crippen molar-refractivity contribution >= 4 is 0 Å².